The maximum atomic E-state index is 12.6. The predicted molar refractivity (Wildman–Crippen MR) is 157 cm³/mol. The van der Waals surface area contributed by atoms with Crippen molar-refractivity contribution in [3.05, 3.63) is 24.2 Å². The van der Waals surface area contributed by atoms with Crippen molar-refractivity contribution in [2.24, 2.45) is 0 Å². The Bertz CT molecular complexity index is 798. The van der Waals surface area contributed by atoms with Crippen LogP contribution in [0.5, 0.6) is 0 Å². The van der Waals surface area contributed by atoms with Crippen molar-refractivity contribution in [3.8, 4) is 0 Å². The third-order valence-corrected chi connectivity index (χ3v) is 6.73. The second-order valence-corrected chi connectivity index (χ2v) is 10.6. The van der Waals surface area contributed by atoms with Crippen LogP contribution in [-0.4, -0.2) is 58.0 Å². The Kier molecular flexibility index (Phi) is 21.7. The van der Waals surface area contributed by atoms with Crippen molar-refractivity contribution in [3.63, 3.8) is 0 Å². The molecule has 40 heavy (non-hydrogen) atoms. The van der Waals surface area contributed by atoms with Gasteiger partial charge in [0.2, 0.25) is 0 Å². The lowest BCUT2D eigenvalue weighted by molar-refractivity contribution is -0.152. The molecule has 1 unspecified atom stereocenters. The molecule has 9 heteroatoms. The average molecular weight is 566 g/mol. The van der Waals surface area contributed by atoms with Crippen LogP contribution in [0.4, 0.5) is 0 Å². The van der Waals surface area contributed by atoms with E-state index in [1.165, 1.54) is 57.8 Å². The fourth-order valence-electron chi connectivity index (χ4n) is 4.37. The number of aromatic nitrogens is 3. The Morgan fingerprint density at radius 3 is 2.08 bits per heavy atom. The maximum Gasteiger partial charge on any atom is 0.306 e. The first-order chi connectivity index (χ1) is 19.5. The molecule has 9 nitrogen and oxygen atoms in total. The lowest BCUT2D eigenvalue weighted by atomic mass is 10.1. The molecule has 230 valence electrons. The molecular formula is C31H55N3O6. The van der Waals surface area contributed by atoms with Crippen LogP contribution in [0.1, 0.15) is 129 Å². The van der Waals surface area contributed by atoms with Crippen LogP contribution in [-0.2, 0) is 36.8 Å². The maximum absolute atomic E-state index is 12.6. The number of hydrogen-bond donors (Lipinski definition) is 1. The standard InChI is InChI=1S/C31H55N3O6/c1-4-6-8-10-12-14-16-18-27(3)39-26-29(40-31(37)19-17-15-13-11-9-7-5-2)25-34-24-28(32-33-34)20-21-30(36)38-23-22-35/h24,29,35H,3-23,25-26H2,1-2H3. The summed E-state index contributed by atoms with van der Waals surface area (Å²) in [5, 5.41) is 17.0. The number of aliphatic hydroxyl groups excluding tert-OH is 1. The number of hydrogen-bond acceptors (Lipinski definition) is 8. The van der Waals surface area contributed by atoms with E-state index in [2.05, 4.69) is 30.7 Å². The van der Waals surface area contributed by atoms with Crippen molar-refractivity contribution < 1.29 is 28.9 Å². The number of nitrogens with zero attached hydrogens (tertiary/aromatic N) is 3. The van der Waals surface area contributed by atoms with Crippen molar-refractivity contribution >= 4 is 11.9 Å². The summed E-state index contributed by atoms with van der Waals surface area (Å²) >= 11 is 0. The van der Waals surface area contributed by atoms with Gasteiger partial charge in [0.25, 0.3) is 0 Å². The molecule has 1 N–H and O–H groups in total. The molecular weight excluding hydrogens is 510 g/mol. The highest BCUT2D eigenvalue weighted by molar-refractivity contribution is 5.69. The number of aryl methyl sites for hydroxylation is 1. The molecule has 1 aromatic heterocycles. The number of ether oxygens (including phenoxy) is 3. The summed E-state index contributed by atoms with van der Waals surface area (Å²) in [6.07, 6.45) is 19.5. The summed E-state index contributed by atoms with van der Waals surface area (Å²) < 4.78 is 18.2. The van der Waals surface area contributed by atoms with E-state index in [-0.39, 0.29) is 32.2 Å². The molecule has 0 aliphatic carbocycles. The highest BCUT2D eigenvalue weighted by Crippen LogP contribution is 2.14. The molecule has 1 heterocycles. The third kappa shape index (κ3) is 19.6. The van der Waals surface area contributed by atoms with Gasteiger partial charge in [0.15, 0.2) is 6.10 Å². The zero-order valence-electron chi connectivity index (χ0n) is 25.2. The Morgan fingerprint density at radius 1 is 0.850 bits per heavy atom. The molecule has 0 saturated heterocycles. The summed E-state index contributed by atoms with van der Waals surface area (Å²) in [4.78, 5) is 24.3. The average Bonchev–Trinajstić information content (AvgIpc) is 3.39. The van der Waals surface area contributed by atoms with Gasteiger partial charge in [-0.05, 0) is 12.8 Å². The van der Waals surface area contributed by atoms with E-state index in [1.54, 1.807) is 10.9 Å². The lowest BCUT2D eigenvalue weighted by Crippen LogP contribution is -2.28. The number of carbonyl (C=O) groups excluding carboxylic acids is 2. The third-order valence-electron chi connectivity index (χ3n) is 6.73. The van der Waals surface area contributed by atoms with Gasteiger partial charge in [-0.2, -0.15) is 0 Å². The van der Waals surface area contributed by atoms with Gasteiger partial charge in [-0.1, -0.05) is 103 Å². The topological polar surface area (TPSA) is 113 Å². The van der Waals surface area contributed by atoms with Crippen LogP contribution in [0, 0.1) is 0 Å². The normalized spacial score (nSPS) is 11.8. The molecule has 0 amide bonds. The van der Waals surface area contributed by atoms with Gasteiger partial charge in [-0.3, -0.25) is 9.59 Å². The summed E-state index contributed by atoms with van der Waals surface area (Å²) in [6.45, 7) is 8.79. The van der Waals surface area contributed by atoms with Crippen LogP contribution in [0.25, 0.3) is 0 Å². The number of carbonyl (C=O) groups is 2. The number of unbranched alkanes of at least 4 members (excludes halogenated alkanes) is 12. The van der Waals surface area contributed by atoms with Gasteiger partial charge in [0, 0.05) is 25.5 Å². The summed E-state index contributed by atoms with van der Waals surface area (Å²) in [7, 11) is 0. The molecule has 0 saturated carbocycles. The van der Waals surface area contributed by atoms with Crippen molar-refractivity contribution in [2.45, 2.75) is 142 Å². The van der Waals surface area contributed by atoms with Gasteiger partial charge in [-0.25, -0.2) is 4.68 Å². The molecule has 0 fully saturated rings. The second-order valence-electron chi connectivity index (χ2n) is 10.6. The number of aliphatic hydroxyl groups is 1. The SMILES string of the molecule is C=C(CCCCCCCCC)OCC(Cn1cc(CCC(=O)OCCO)nn1)OC(=O)CCCCCCCCC. The van der Waals surface area contributed by atoms with Crippen LogP contribution < -0.4 is 0 Å². The molecule has 0 radical (unpaired) electrons. The molecule has 1 aromatic rings. The summed E-state index contributed by atoms with van der Waals surface area (Å²) in [5.41, 5.74) is 0.637. The first-order valence-electron chi connectivity index (χ1n) is 15.6. The van der Waals surface area contributed by atoms with Crippen LogP contribution >= 0.6 is 0 Å². The minimum Gasteiger partial charge on any atom is -0.495 e. The number of allylic oxidation sites excluding steroid dienone is 1. The van der Waals surface area contributed by atoms with Crippen molar-refractivity contribution in [1.82, 2.24) is 15.0 Å². The highest BCUT2D eigenvalue weighted by atomic mass is 16.6. The van der Waals surface area contributed by atoms with E-state index in [9.17, 15) is 9.59 Å². The first kappa shape index (κ1) is 35.6. The molecule has 0 spiro atoms. The van der Waals surface area contributed by atoms with Crippen LogP contribution in [0.2, 0.25) is 0 Å². The van der Waals surface area contributed by atoms with Gasteiger partial charge < -0.3 is 19.3 Å². The molecule has 1 atom stereocenters. The van der Waals surface area contributed by atoms with Crippen molar-refractivity contribution in [1.29, 1.82) is 0 Å². The molecule has 0 aliphatic rings. The fraction of sp³-hybridized carbons (Fsp3) is 0.806. The van der Waals surface area contributed by atoms with Gasteiger partial charge in [-0.15, -0.1) is 5.10 Å². The quantitative estimate of drug-likeness (QED) is 0.0734. The van der Waals surface area contributed by atoms with Crippen molar-refractivity contribution in [2.75, 3.05) is 19.8 Å². The monoisotopic (exact) mass is 565 g/mol. The van der Waals surface area contributed by atoms with E-state index < -0.39 is 12.1 Å². The number of rotatable bonds is 27. The first-order valence-corrected chi connectivity index (χ1v) is 15.6. The summed E-state index contributed by atoms with van der Waals surface area (Å²) in [5.74, 6) is 0.0859. The van der Waals surface area contributed by atoms with E-state index in [4.69, 9.17) is 19.3 Å². The Balaban J connectivity index is 2.52. The minimum atomic E-state index is -0.521. The van der Waals surface area contributed by atoms with Gasteiger partial charge in [0.05, 0.1) is 31.0 Å². The smallest absolute Gasteiger partial charge is 0.306 e. The van der Waals surface area contributed by atoms with Gasteiger partial charge >= 0.3 is 11.9 Å². The molecule has 0 aromatic carbocycles. The summed E-state index contributed by atoms with van der Waals surface area (Å²) in [6, 6.07) is 0. The van der Waals surface area contributed by atoms with Crippen LogP contribution in [0.15, 0.2) is 18.5 Å². The molecule has 1 rings (SSSR count). The van der Waals surface area contributed by atoms with E-state index in [0.717, 1.165) is 38.5 Å². The molecule has 0 aliphatic heterocycles. The molecule has 0 bridgehead atoms. The Hall–Kier alpha value is -2.42. The van der Waals surface area contributed by atoms with E-state index in [0.29, 0.717) is 30.8 Å². The largest absolute Gasteiger partial charge is 0.495 e. The van der Waals surface area contributed by atoms with E-state index in [1.807, 2.05) is 0 Å². The zero-order valence-corrected chi connectivity index (χ0v) is 25.2. The second kappa shape index (κ2) is 24.4. The zero-order chi connectivity index (χ0) is 29.3. The minimum absolute atomic E-state index is 0.0122. The van der Waals surface area contributed by atoms with E-state index >= 15 is 0 Å². The number of esters is 2. The fourth-order valence-corrected chi connectivity index (χ4v) is 4.37. The Labute approximate surface area is 242 Å². The lowest BCUT2D eigenvalue weighted by Gasteiger charge is -2.19. The Morgan fingerprint density at radius 2 is 1.45 bits per heavy atom. The van der Waals surface area contributed by atoms with Gasteiger partial charge in [0.1, 0.15) is 13.2 Å². The van der Waals surface area contributed by atoms with Crippen LogP contribution in [0.3, 0.4) is 0 Å². The predicted octanol–water partition coefficient (Wildman–Crippen LogP) is 6.47. The highest BCUT2D eigenvalue weighted by Gasteiger charge is 2.18.